The zero-order valence-corrected chi connectivity index (χ0v) is 15.2. The van der Waals surface area contributed by atoms with Crippen LogP contribution in [-0.2, 0) is 0 Å². The van der Waals surface area contributed by atoms with Gasteiger partial charge in [-0.3, -0.25) is 9.56 Å². The normalized spacial score (nSPS) is 13.0. The van der Waals surface area contributed by atoms with Crippen molar-refractivity contribution in [2.45, 2.75) is 19.4 Å². The SMILES string of the molecule is CC[C@@H](CO)N=Cc1c(O)n(-c2c(Cl)cccc2Cl)c2ccccc12. The highest BCUT2D eigenvalue weighted by molar-refractivity contribution is 6.38. The summed E-state index contributed by atoms with van der Waals surface area (Å²) in [4.78, 5) is 4.38. The van der Waals surface area contributed by atoms with Crippen molar-refractivity contribution >= 4 is 40.3 Å². The fourth-order valence-electron chi connectivity index (χ4n) is 2.77. The molecule has 0 saturated heterocycles. The summed E-state index contributed by atoms with van der Waals surface area (Å²) in [7, 11) is 0. The second-order valence-electron chi connectivity index (χ2n) is 5.68. The standard InChI is InChI=1S/C19H18Cl2N2O2/c1-2-12(11-24)22-10-14-13-6-3-4-9-17(13)23(19(14)25)18-15(20)7-5-8-16(18)21/h3-10,12,24-25H,2,11H2,1H3/t12-/m0/s1. The van der Waals surface area contributed by atoms with Gasteiger partial charge in [0.2, 0.25) is 5.88 Å². The van der Waals surface area contributed by atoms with Crippen LogP contribution in [0.5, 0.6) is 5.88 Å². The summed E-state index contributed by atoms with van der Waals surface area (Å²) in [6.45, 7) is 1.91. The van der Waals surface area contributed by atoms with E-state index in [1.54, 1.807) is 29.0 Å². The number of para-hydroxylation sites is 2. The number of aromatic hydroxyl groups is 1. The fourth-order valence-corrected chi connectivity index (χ4v) is 3.34. The van der Waals surface area contributed by atoms with Crippen molar-refractivity contribution in [3.05, 3.63) is 58.1 Å². The first-order valence-electron chi connectivity index (χ1n) is 7.99. The van der Waals surface area contributed by atoms with Crippen molar-refractivity contribution in [2.75, 3.05) is 6.61 Å². The average Bonchev–Trinajstić information content (AvgIpc) is 2.88. The summed E-state index contributed by atoms with van der Waals surface area (Å²) < 4.78 is 1.63. The molecule has 0 aliphatic heterocycles. The van der Waals surface area contributed by atoms with Gasteiger partial charge in [-0.05, 0) is 24.6 Å². The largest absolute Gasteiger partial charge is 0.494 e. The zero-order chi connectivity index (χ0) is 18.0. The van der Waals surface area contributed by atoms with E-state index in [-0.39, 0.29) is 18.5 Å². The molecule has 0 radical (unpaired) electrons. The maximum atomic E-state index is 10.9. The van der Waals surface area contributed by atoms with Gasteiger partial charge in [0.1, 0.15) is 0 Å². The van der Waals surface area contributed by atoms with Gasteiger partial charge in [-0.1, -0.05) is 54.4 Å². The maximum absolute atomic E-state index is 10.9. The third-order valence-electron chi connectivity index (χ3n) is 4.15. The van der Waals surface area contributed by atoms with E-state index >= 15 is 0 Å². The first-order chi connectivity index (χ1) is 12.1. The Morgan fingerprint density at radius 1 is 1.12 bits per heavy atom. The van der Waals surface area contributed by atoms with Crippen molar-refractivity contribution in [1.29, 1.82) is 0 Å². The van der Waals surface area contributed by atoms with Crippen LogP contribution in [-0.4, -0.2) is 33.6 Å². The number of aromatic nitrogens is 1. The molecular formula is C19H18Cl2N2O2. The van der Waals surface area contributed by atoms with Crippen molar-refractivity contribution < 1.29 is 10.2 Å². The fraction of sp³-hybridized carbons (Fsp3) is 0.211. The number of benzene rings is 2. The number of nitrogens with zero attached hydrogens (tertiary/aromatic N) is 2. The van der Waals surface area contributed by atoms with Gasteiger partial charge in [0, 0.05) is 11.6 Å². The summed E-state index contributed by atoms with van der Waals surface area (Å²) in [5.41, 5.74) is 1.86. The molecule has 4 nitrogen and oxygen atoms in total. The number of hydrogen-bond acceptors (Lipinski definition) is 3. The highest BCUT2D eigenvalue weighted by Gasteiger charge is 2.20. The number of fused-ring (bicyclic) bond motifs is 1. The van der Waals surface area contributed by atoms with Crippen LogP contribution >= 0.6 is 23.2 Å². The molecule has 6 heteroatoms. The van der Waals surface area contributed by atoms with Crippen LogP contribution in [0.3, 0.4) is 0 Å². The van der Waals surface area contributed by atoms with E-state index < -0.39 is 0 Å². The third-order valence-corrected chi connectivity index (χ3v) is 4.76. The summed E-state index contributed by atoms with van der Waals surface area (Å²) in [5.74, 6) is 0.00717. The Morgan fingerprint density at radius 2 is 1.80 bits per heavy atom. The molecule has 0 unspecified atom stereocenters. The summed E-state index contributed by atoms with van der Waals surface area (Å²) in [5, 5.41) is 21.9. The lowest BCUT2D eigenvalue weighted by atomic mass is 10.2. The summed E-state index contributed by atoms with van der Waals surface area (Å²) in [6.07, 6.45) is 2.31. The lowest BCUT2D eigenvalue weighted by molar-refractivity contribution is 0.264. The van der Waals surface area contributed by atoms with Crippen molar-refractivity contribution in [1.82, 2.24) is 4.57 Å². The molecule has 0 bridgehead atoms. The van der Waals surface area contributed by atoms with Gasteiger partial charge in [-0.2, -0.15) is 0 Å². The second kappa shape index (κ2) is 7.48. The van der Waals surface area contributed by atoms with Crippen molar-refractivity contribution in [3.8, 4) is 11.6 Å². The lowest BCUT2D eigenvalue weighted by Gasteiger charge is -2.11. The van der Waals surface area contributed by atoms with Gasteiger partial charge in [-0.25, -0.2) is 0 Å². The Morgan fingerprint density at radius 3 is 2.44 bits per heavy atom. The predicted octanol–water partition coefficient (Wildman–Crippen LogP) is 4.83. The molecule has 0 aliphatic rings. The first kappa shape index (κ1) is 17.8. The predicted molar refractivity (Wildman–Crippen MR) is 104 cm³/mol. The Bertz CT molecular complexity index is 910. The molecule has 0 spiro atoms. The minimum absolute atomic E-state index is 0.00717. The molecule has 3 aromatic rings. The van der Waals surface area contributed by atoms with E-state index in [1.807, 2.05) is 31.2 Å². The number of hydrogen-bond donors (Lipinski definition) is 2. The Labute approximate surface area is 156 Å². The van der Waals surface area contributed by atoms with Crippen LogP contribution in [0.15, 0.2) is 47.5 Å². The summed E-state index contributed by atoms with van der Waals surface area (Å²) >= 11 is 12.7. The van der Waals surface area contributed by atoms with Crippen LogP contribution in [0, 0.1) is 0 Å². The Kier molecular flexibility index (Phi) is 5.33. The number of rotatable bonds is 5. The van der Waals surface area contributed by atoms with Crippen LogP contribution in [0.1, 0.15) is 18.9 Å². The summed E-state index contributed by atoms with van der Waals surface area (Å²) in [6, 6.07) is 12.6. The van der Waals surface area contributed by atoms with Gasteiger partial charge in [0.05, 0.1) is 39.5 Å². The number of aliphatic hydroxyl groups is 1. The van der Waals surface area contributed by atoms with Gasteiger partial charge in [-0.15, -0.1) is 0 Å². The molecule has 130 valence electrons. The van der Waals surface area contributed by atoms with E-state index in [4.69, 9.17) is 23.2 Å². The molecule has 2 N–H and O–H groups in total. The Hall–Kier alpha value is -2.01. The molecule has 25 heavy (non-hydrogen) atoms. The van der Waals surface area contributed by atoms with Crippen LogP contribution in [0.4, 0.5) is 0 Å². The molecule has 0 amide bonds. The van der Waals surface area contributed by atoms with E-state index in [9.17, 15) is 10.2 Å². The van der Waals surface area contributed by atoms with Crippen LogP contribution in [0.2, 0.25) is 10.0 Å². The minimum atomic E-state index is -0.203. The molecule has 0 aliphatic carbocycles. The highest BCUT2D eigenvalue weighted by Crippen LogP contribution is 2.38. The molecule has 1 atom stereocenters. The minimum Gasteiger partial charge on any atom is -0.494 e. The molecule has 2 aromatic carbocycles. The number of aliphatic hydroxyl groups excluding tert-OH is 1. The molecule has 1 aromatic heterocycles. The van der Waals surface area contributed by atoms with Gasteiger partial charge in [0.25, 0.3) is 0 Å². The molecule has 0 fully saturated rings. The van der Waals surface area contributed by atoms with Gasteiger partial charge < -0.3 is 10.2 Å². The maximum Gasteiger partial charge on any atom is 0.205 e. The van der Waals surface area contributed by atoms with Crippen molar-refractivity contribution in [3.63, 3.8) is 0 Å². The third kappa shape index (κ3) is 3.25. The second-order valence-corrected chi connectivity index (χ2v) is 6.50. The molecule has 1 heterocycles. The lowest BCUT2D eigenvalue weighted by Crippen LogP contribution is -2.08. The highest BCUT2D eigenvalue weighted by atomic mass is 35.5. The molecule has 3 rings (SSSR count). The molecule has 0 saturated carbocycles. The van der Waals surface area contributed by atoms with E-state index in [1.165, 1.54) is 0 Å². The van der Waals surface area contributed by atoms with Gasteiger partial charge in [0.15, 0.2) is 0 Å². The topological polar surface area (TPSA) is 57.8 Å². The average molecular weight is 377 g/mol. The smallest absolute Gasteiger partial charge is 0.205 e. The first-order valence-corrected chi connectivity index (χ1v) is 8.74. The van der Waals surface area contributed by atoms with Crippen LogP contribution < -0.4 is 0 Å². The zero-order valence-electron chi connectivity index (χ0n) is 13.7. The van der Waals surface area contributed by atoms with Crippen molar-refractivity contribution in [2.24, 2.45) is 4.99 Å². The quantitative estimate of drug-likeness (QED) is 0.626. The van der Waals surface area contributed by atoms with Crippen LogP contribution in [0.25, 0.3) is 16.6 Å². The van der Waals surface area contributed by atoms with E-state index in [2.05, 4.69) is 4.99 Å². The van der Waals surface area contributed by atoms with E-state index in [0.29, 0.717) is 27.7 Å². The van der Waals surface area contributed by atoms with Gasteiger partial charge >= 0.3 is 0 Å². The van der Waals surface area contributed by atoms with E-state index in [0.717, 1.165) is 10.9 Å². The number of aliphatic imine (C=N–C) groups is 1. The number of halogens is 2. The molecular weight excluding hydrogens is 359 g/mol. The monoisotopic (exact) mass is 376 g/mol. The Balaban J connectivity index is 2.27.